The minimum atomic E-state index is 0.541. The van der Waals surface area contributed by atoms with Crippen molar-refractivity contribution < 1.29 is 4.74 Å². The number of aryl methyl sites for hydroxylation is 1. The van der Waals surface area contributed by atoms with E-state index in [1.807, 2.05) is 12.1 Å². The molecule has 1 aromatic carbocycles. The van der Waals surface area contributed by atoms with Gasteiger partial charge in [-0.3, -0.25) is 0 Å². The van der Waals surface area contributed by atoms with E-state index in [2.05, 4.69) is 32.2 Å². The van der Waals surface area contributed by atoms with Crippen LogP contribution in [-0.4, -0.2) is 9.36 Å². The van der Waals surface area contributed by atoms with Crippen molar-refractivity contribution in [2.75, 3.05) is 5.73 Å². The van der Waals surface area contributed by atoms with Crippen LogP contribution in [0.1, 0.15) is 19.2 Å². The second-order valence-corrected chi connectivity index (χ2v) is 5.00. The van der Waals surface area contributed by atoms with Gasteiger partial charge >= 0.3 is 0 Å². The number of nitrogen functional groups attached to an aromatic ring is 1. The fraction of sp³-hybridized carbons (Fsp3) is 0.273. The quantitative estimate of drug-likeness (QED) is 0.876. The van der Waals surface area contributed by atoms with Gasteiger partial charge in [-0.25, -0.2) is 0 Å². The molecule has 6 heteroatoms. The molecule has 0 aliphatic carbocycles. The van der Waals surface area contributed by atoms with E-state index in [0.717, 1.165) is 23.1 Å². The molecule has 2 rings (SSSR count). The Labute approximate surface area is 112 Å². The largest absolute Gasteiger partial charge is 0.429 e. The lowest BCUT2D eigenvalue weighted by atomic mass is 10.3. The minimum Gasteiger partial charge on any atom is -0.429 e. The maximum Gasteiger partial charge on any atom is 0.298 e. The van der Waals surface area contributed by atoms with Gasteiger partial charge in [-0.1, -0.05) is 13.0 Å². The molecular formula is C11H12BrN3OS. The van der Waals surface area contributed by atoms with Crippen molar-refractivity contribution in [3.8, 4) is 10.9 Å². The van der Waals surface area contributed by atoms with Crippen LogP contribution in [0.25, 0.3) is 0 Å². The Hall–Kier alpha value is -1.14. The topological polar surface area (TPSA) is 61.0 Å². The van der Waals surface area contributed by atoms with Gasteiger partial charge in [0.15, 0.2) is 0 Å². The number of anilines is 1. The highest BCUT2D eigenvalue weighted by Gasteiger charge is 2.09. The second-order valence-electron chi connectivity index (χ2n) is 3.49. The van der Waals surface area contributed by atoms with Gasteiger partial charge in [0.05, 0.1) is 4.47 Å². The first-order valence-electron chi connectivity index (χ1n) is 5.25. The molecule has 4 nitrogen and oxygen atoms in total. The molecule has 0 aliphatic heterocycles. The third kappa shape index (κ3) is 2.95. The summed E-state index contributed by atoms with van der Waals surface area (Å²) in [5.41, 5.74) is 6.41. The van der Waals surface area contributed by atoms with E-state index < -0.39 is 0 Å². The number of halogens is 1. The van der Waals surface area contributed by atoms with Crippen LogP contribution in [0.4, 0.5) is 5.69 Å². The van der Waals surface area contributed by atoms with Crippen molar-refractivity contribution in [3.05, 3.63) is 28.5 Å². The first-order valence-corrected chi connectivity index (χ1v) is 6.81. The van der Waals surface area contributed by atoms with E-state index in [4.69, 9.17) is 10.5 Å². The average Bonchev–Trinajstić information content (AvgIpc) is 2.73. The third-order valence-electron chi connectivity index (χ3n) is 2.11. The normalized spacial score (nSPS) is 10.5. The minimum absolute atomic E-state index is 0.541. The predicted molar refractivity (Wildman–Crippen MR) is 72.5 cm³/mol. The molecule has 0 atom stereocenters. The Morgan fingerprint density at radius 1 is 1.47 bits per heavy atom. The van der Waals surface area contributed by atoms with E-state index in [9.17, 15) is 0 Å². The van der Waals surface area contributed by atoms with Gasteiger partial charge < -0.3 is 10.5 Å². The van der Waals surface area contributed by atoms with E-state index >= 15 is 0 Å². The highest BCUT2D eigenvalue weighted by molar-refractivity contribution is 9.10. The molecule has 0 aliphatic rings. The lowest BCUT2D eigenvalue weighted by Crippen LogP contribution is -1.91. The molecular weight excluding hydrogens is 302 g/mol. The Kier molecular flexibility index (Phi) is 3.96. The standard InChI is InChI=1S/C11H12BrN3OS/c1-2-4-9-14-11(17-15-9)16-8-6-3-5-7(13)10(8)12/h3,5-6H,2,4,13H2,1H3. The molecule has 90 valence electrons. The molecule has 0 saturated heterocycles. The van der Waals surface area contributed by atoms with Gasteiger partial charge in [0.2, 0.25) is 0 Å². The first kappa shape index (κ1) is 12.3. The van der Waals surface area contributed by atoms with Gasteiger partial charge in [0.25, 0.3) is 5.19 Å². The van der Waals surface area contributed by atoms with Crippen LogP contribution >= 0.6 is 27.5 Å². The summed E-state index contributed by atoms with van der Waals surface area (Å²) in [7, 11) is 0. The number of aromatic nitrogens is 2. The molecule has 0 saturated carbocycles. The summed E-state index contributed by atoms with van der Waals surface area (Å²) in [6.07, 6.45) is 1.90. The van der Waals surface area contributed by atoms with E-state index in [1.54, 1.807) is 6.07 Å². The van der Waals surface area contributed by atoms with Crippen molar-refractivity contribution in [1.82, 2.24) is 9.36 Å². The lowest BCUT2D eigenvalue weighted by molar-refractivity contribution is 0.474. The van der Waals surface area contributed by atoms with Crippen LogP contribution in [0.3, 0.4) is 0 Å². The predicted octanol–water partition coefficient (Wildman–Crippen LogP) is 3.63. The van der Waals surface area contributed by atoms with Crippen LogP contribution in [0.2, 0.25) is 0 Å². The average molecular weight is 314 g/mol. The van der Waals surface area contributed by atoms with Crippen LogP contribution in [-0.2, 0) is 6.42 Å². The zero-order valence-corrected chi connectivity index (χ0v) is 11.7. The lowest BCUT2D eigenvalue weighted by Gasteiger charge is -2.05. The number of nitrogens with zero attached hydrogens (tertiary/aromatic N) is 2. The van der Waals surface area contributed by atoms with Crippen LogP contribution in [0.15, 0.2) is 22.7 Å². The summed E-state index contributed by atoms with van der Waals surface area (Å²) in [6, 6.07) is 5.48. The van der Waals surface area contributed by atoms with Gasteiger partial charge in [-0.2, -0.15) is 9.36 Å². The fourth-order valence-electron chi connectivity index (χ4n) is 1.31. The van der Waals surface area contributed by atoms with E-state index in [-0.39, 0.29) is 0 Å². The molecule has 17 heavy (non-hydrogen) atoms. The zero-order valence-electron chi connectivity index (χ0n) is 9.31. The summed E-state index contributed by atoms with van der Waals surface area (Å²) in [4.78, 5) is 4.29. The number of benzene rings is 1. The van der Waals surface area contributed by atoms with Crippen LogP contribution in [0, 0.1) is 0 Å². The molecule has 2 aromatic rings. The summed E-state index contributed by atoms with van der Waals surface area (Å²) in [5.74, 6) is 1.48. The molecule has 1 aromatic heterocycles. The highest BCUT2D eigenvalue weighted by atomic mass is 79.9. The van der Waals surface area contributed by atoms with E-state index in [0.29, 0.717) is 16.6 Å². The molecule has 0 bridgehead atoms. The number of nitrogens with two attached hydrogens (primary N) is 1. The van der Waals surface area contributed by atoms with Crippen molar-refractivity contribution in [3.63, 3.8) is 0 Å². The van der Waals surface area contributed by atoms with E-state index in [1.165, 1.54) is 11.5 Å². The SMILES string of the molecule is CCCc1nsc(Oc2cccc(N)c2Br)n1. The monoisotopic (exact) mass is 313 g/mol. The van der Waals surface area contributed by atoms with Crippen molar-refractivity contribution >= 4 is 33.1 Å². The molecule has 0 fully saturated rings. The van der Waals surface area contributed by atoms with Crippen molar-refractivity contribution in [2.24, 2.45) is 0 Å². The maximum absolute atomic E-state index is 5.77. The summed E-state index contributed by atoms with van der Waals surface area (Å²) < 4.78 is 10.6. The third-order valence-corrected chi connectivity index (χ3v) is 3.59. The summed E-state index contributed by atoms with van der Waals surface area (Å²) in [6.45, 7) is 2.09. The molecule has 2 N–H and O–H groups in total. The molecule has 1 heterocycles. The molecule has 0 spiro atoms. The van der Waals surface area contributed by atoms with Crippen molar-refractivity contribution in [1.29, 1.82) is 0 Å². The second kappa shape index (κ2) is 5.46. The van der Waals surface area contributed by atoms with Gasteiger partial charge in [-0.05, 0) is 34.5 Å². The maximum atomic E-state index is 5.77. The Balaban J connectivity index is 2.16. The van der Waals surface area contributed by atoms with Crippen LogP contribution < -0.4 is 10.5 Å². The number of hydrogen-bond donors (Lipinski definition) is 1. The van der Waals surface area contributed by atoms with Gasteiger partial charge in [-0.15, -0.1) is 0 Å². The Morgan fingerprint density at radius 2 is 2.29 bits per heavy atom. The summed E-state index contributed by atoms with van der Waals surface area (Å²) >= 11 is 4.64. The number of hydrogen-bond acceptors (Lipinski definition) is 5. The Bertz CT molecular complexity index is 515. The molecule has 0 amide bonds. The first-order chi connectivity index (χ1) is 8.20. The number of ether oxygens (including phenoxy) is 1. The molecule has 0 radical (unpaired) electrons. The van der Waals surface area contributed by atoms with Crippen molar-refractivity contribution in [2.45, 2.75) is 19.8 Å². The van der Waals surface area contributed by atoms with Crippen LogP contribution in [0.5, 0.6) is 10.9 Å². The molecule has 0 unspecified atom stereocenters. The number of rotatable bonds is 4. The zero-order chi connectivity index (χ0) is 12.3. The smallest absolute Gasteiger partial charge is 0.298 e. The fourth-order valence-corrected chi connectivity index (χ4v) is 2.24. The summed E-state index contributed by atoms with van der Waals surface area (Å²) in [5, 5.41) is 0.541. The highest BCUT2D eigenvalue weighted by Crippen LogP contribution is 2.34. The van der Waals surface area contributed by atoms with Gasteiger partial charge in [0, 0.05) is 23.6 Å². The Morgan fingerprint density at radius 3 is 3.06 bits per heavy atom. The van der Waals surface area contributed by atoms with Gasteiger partial charge in [0.1, 0.15) is 11.6 Å².